The van der Waals surface area contributed by atoms with Gasteiger partial charge in [-0.3, -0.25) is 9.59 Å². The summed E-state index contributed by atoms with van der Waals surface area (Å²) in [6.07, 6.45) is 4.47. The molecule has 2 unspecified atom stereocenters. The molecule has 1 aliphatic heterocycles. The Bertz CT molecular complexity index is 588. The third kappa shape index (κ3) is 4.84. The lowest BCUT2D eigenvalue weighted by atomic mass is 9.81. The highest BCUT2D eigenvalue weighted by atomic mass is 16.6. The number of likely N-dealkylation sites (tertiary alicyclic amines) is 1. The molecule has 2 amide bonds. The molecule has 1 saturated carbocycles. The van der Waals surface area contributed by atoms with E-state index in [2.05, 4.69) is 5.32 Å². The van der Waals surface area contributed by atoms with E-state index >= 15 is 0 Å². The number of carbonyl (C=O) groups is 3. The standard InChI is InChI=1S/C19H30N2O5/c1-18(2,3)26-17(24)14(10-20-11-19(4,5)25)21-15(22)12-8-6-7-9-13(12)16(21)23/h10,12-13,20,25H,6-9,11H2,1-5H3. The van der Waals surface area contributed by atoms with E-state index in [4.69, 9.17) is 4.74 Å². The van der Waals surface area contributed by atoms with Crippen molar-refractivity contribution in [2.24, 2.45) is 11.8 Å². The summed E-state index contributed by atoms with van der Waals surface area (Å²) in [6.45, 7) is 8.55. The van der Waals surface area contributed by atoms with Gasteiger partial charge < -0.3 is 15.2 Å². The van der Waals surface area contributed by atoms with E-state index in [0.717, 1.165) is 17.7 Å². The minimum Gasteiger partial charge on any atom is -0.455 e. The van der Waals surface area contributed by atoms with E-state index in [-0.39, 0.29) is 35.9 Å². The average molecular weight is 366 g/mol. The number of nitrogens with zero attached hydrogens (tertiary/aromatic N) is 1. The van der Waals surface area contributed by atoms with E-state index in [9.17, 15) is 19.5 Å². The van der Waals surface area contributed by atoms with Crippen LogP contribution in [0.15, 0.2) is 11.9 Å². The topological polar surface area (TPSA) is 95.9 Å². The fraction of sp³-hybridized carbons (Fsp3) is 0.737. The number of amides is 2. The van der Waals surface area contributed by atoms with Gasteiger partial charge in [0.2, 0.25) is 11.8 Å². The summed E-state index contributed by atoms with van der Waals surface area (Å²) >= 11 is 0. The number of hydrogen-bond donors (Lipinski definition) is 2. The van der Waals surface area contributed by atoms with Gasteiger partial charge in [0.05, 0.1) is 17.4 Å². The van der Waals surface area contributed by atoms with E-state index in [0.29, 0.717) is 12.8 Å². The molecule has 2 N–H and O–H groups in total. The highest BCUT2D eigenvalue weighted by molar-refractivity contribution is 6.11. The molecule has 0 aromatic carbocycles. The third-order valence-corrected chi connectivity index (χ3v) is 4.46. The van der Waals surface area contributed by atoms with Gasteiger partial charge in [-0.05, 0) is 47.5 Å². The molecule has 2 aliphatic rings. The van der Waals surface area contributed by atoms with Crippen LogP contribution in [0.3, 0.4) is 0 Å². The second-order valence-electron chi connectivity index (χ2n) is 8.73. The van der Waals surface area contributed by atoms with Crippen molar-refractivity contribution in [3.8, 4) is 0 Å². The summed E-state index contributed by atoms with van der Waals surface area (Å²) < 4.78 is 5.39. The maximum Gasteiger partial charge on any atom is 0.357 e. The number of fused-ring (bicyclic) bond motifs is 1. The second-order valence-corrected chi connectivity index (χ2v) is 8.73. The van der Waals surface area contributed by atoms with Gasteiger partial charge in [0, 0.05) is 12.7 Å². The highest BCUT2D eigenvalue weighted by Crippen LogP contribution is 2.39. The van der Waals surface area contributed by atoms with Crippen LogP contribution in [0.2, 0.25) is 0 Å². The van der Waals surface area contributed by atoms with Crippen molar-refractivity contribution >= 4 is 17.8 Å². The lowest BCUT2D eigenvalue weighted by Gasteiger charge is -2.24. The van der Waals surface area contributed by atoms with Gasteiger partial charge in [-0.25, -0.2) is 9.69 Å². The summed E-state index contributed by atoms with van der Waals surface area (Å²) in [7, 11) is 0. The molecule has 0 aromatic rings. The average Bonchev–Trinajstić information content (AvgIpc) is 2.74. The van der Waals surface area contributed by atoms with Crippen molar-refractivity contribution in [3.05, 3.63) is 11.9 Å². The molecule has 0 aromatic heterocycles. The summed E-state index contributed by atoms with van der Waals surface area (Å²) in [5.74, 6) is -2.10. The van der Waals surface area contributed by atoms with Crippen molar-refractivity contribution < 1.29 is 24.2 Å². The van der Waals surface area contributed by atoms with Crippen LogP contribution in [-0.4, -0.2) is 45.5 Å². The van der Waals surface area contributed by atoms with Crippen molar-refractivity contribution in [1.29, 1.82) is 0 Å². The maximum absolute atomic E-state index is 12.8. The van der Waals surface area contributed by atoms with Crippen LogP contribution >= 0.6 is 0 Å². The highest BCUT2D eigenvalue weighted by Gasteiger charge is 2.51. The first-order valence-corrected chi connectivity index (χ1v) is 9.18. The number of imide groups is 1. The van der Waals surface area contributed by atoms with Gasteiger partial charge in [0.25, 0.3) is 0 Å². The van der Waals surface area contributed by atoms with E-state index in [1.165, 1.54) is 6.20 Å². The van der Waals surface area contributed by atoms with Crippen LogP contribution in [0.1, 0.15) is 60.3 Å². The van der Waals surface area contributed by atoms with Gasteiger partial charge in [0.1, 0.15) is 5.60 Å². The zero-order valence-electron chi connectivity index (χ0n) is 16.3. The Kier molecular flexibility index (Phi) is 5.80. The molecule has 0 radical (unpaired) electrons. The van der Waals surface area contributed by atoms with Gasteiger partial charge >= 0.3 is 5.97 Å². The maximum atomic E-state index is 12.8. The molecule has 7 nitrogen and oxygen atoms in total. The molecule has 2 atom stereocenters. The van der Waals surface area contributed by atoms with Crippen LogP contribution in [0.25, 0.3) is 0 Å². The SMILES string of the molecule is CC(C)(O)CNC=C(C(=O)OC(C)(C)C)N1C(=O)C2CCCCC2C1=O. The quantitative estimate of drug-likeness (QED) is 0.437. The summed E-state index contributed by atoms with van der Waals surface area (Å²) in [5, 5.41) is 12.7. The second kappa shape index (κ2) is 7.39. The van der Waals surface area contributed by atoms with Crippen molar-refractivity contribution in [2.75, 3.05) is 6.54 Å². The third-order valence-electron chi connectivity index (χ3n) is 4.46. The van der Waals surface area contributed by atoms with Crippen LogP contribution in [0, 0.1) is 11.8 Å². The molecule has 0 spiro atoms. The van der Waals surface area contributed by atoms with Crippen LogP contribution < -0.4 is 5.32 Å². The molecule has 0 bridgehead atoms. The van der Waals surface area contributed by atoms with Crippen LogP contribution in [0.4, 0.5) is 0 Å². The van der Waals surface area contributed by atoms with Gasteiger partial charge in [-0.2, -0.15) is 0 Å². The number of esters is 1. The fourth-order valence-electron chi connectivity index (χ4n) is 3.34. The van der Waals surface area contributed by atoms with E-state index < -0.39 is 17.2 Å². The largest absolute Gasteiger partial charge is 0.455 e. The molecule has 2 rings (SSSR count). The Morgan fingerprint density at radius 2 is 1.65 bits per heavy atom. The molecule has 1 aliphatic carbocycles. The number of carbonyl (C=O) groups excluding carboxylic acids is 3. The molecular weight excluding hydrogens is 336 g/mol. The minimum absolute atomic E-state index is 0.117. The molecule has 146 valence electrons. The molecule has 2 fully saturated rings. The normalized spacial score (nSPS) is 24.5. The van der Waals surface area contributed by atoms with Gasteiger partial charge in [-0.1, -0.05) is 12.8 Å². The number of rotatable bonds is 5. The van der Waals surface area contributed by atoms with Crippen molar-refractivity contribution in [2.45, 2.75) is 71.5 Å². The minimum atomic E-state index is -1.01. The number of aliphatic hydroxyl groups is 1. The fourth-order valence-corrected chi connectivity index (χ4v) is 3.34. The molecule has 7 heteroatoms. The van der Waals surface area contributed by atoms with E-state index in [1.54, 1.807) is 34.6 Å². The molecule has 26 heavy (non-hydrogen) atoms. The summed E-state index contributed by atoms with van der Waals surface area (Å²) in [6, 6.07) is 0. The first kappa shape index (κ1) is 20.4. The molecular formula is C19H30N2O5. The van der Waals surface area contributed by atoms with Gasteiger partial charge in [-0.15, -0.1) is 0 Å². The summed E-state index contributed by atoms with van der Waals surface area (Å²) in [5.41, 5.74) is -1.89. The monoisotopic (exact) mass is 366 g/mol. The Labute approximate surface area is 154 Å². The number of hydrogen-bond acceptors (Lipinski definition) is 6. The summed E-state index contributed by atoms with van der Waals surface area (Å²) in [4.78, 5) is 39.2. The Morgan fingerprint density at radius 3 is 2.08 bits per heavy atom. The van der Waals surface area contributed by atoms with Crippen molar-refractivity contribution in [1.82, 2.24) is 10.2 Å². The smallest absolute Gasteiger partial charge is 0.357 e. The van der Waals surface area contributed by atoms with Gasteiger partial charge in [0.15, 0.2) is 5.70 Å². The van der Waals surface area contributed by atoms with Crippen LogP contribution in [0.5, 0.6) is 0 Å². The zero-order chi connectivity index (χ0) is 19.7. The van der Waals surface area contributed by atoms with Crippen LogP contribution in [-0.2, 0) is 19.1 Å². The Morgan fingerprint density at radius 1 is 1.15 bits per heavy atom. The molecule has 1 saturated heterocycles. The Balaban J connectivity index is 2.30. The number of nitrogens with one attached hydrogen (secondary N) is 1. The first-order chi connectivity index (χ1) is 11.9. The van der Waals surface area contributed by atoms with E-state index in [1.807, 2.05) is 0 Å². The molecule has 1 heterocycles. The lowest BCUT2D eigenvalue weighted by molar-refractivity contribution is -0.156. The predicted octanol–water partition coefficient (Wildman–Crippen LogP) is 1.71. The number of ether oxygens (including phenoxy) is 1. The zero-order valence-corrected chi connectivity index (χ0v) is 16.3. The predicted molar refractivity (Wildman–Crippen MR) is 95.5 cm³/mol. The lowest BCUT2D eigenvalue weighted by Crippen LogP contribution is -2.39. The van der Waals surface area contributed by atoms with Crippen molar-refractivity contribution in [3.63, 3.8) is 0 Å². The first-order valence-electron chi connectivity index (χ1n) is 9.18. The Hall–Kier alpha value is -1.89.